The summed E-state index contributed by atoms with van der Waals surface area (Å²) in [7, 11) is 0. The van der Waals surface area contributed by atoms with Crippen LogP contribution in [0.15, 0.2) is 48.5 Å². The van der Waals surface area contributed by atoms with E-state index < -0.39 is 0 Å². The zero-order chi connectivity index (χ0) is 17.5. The third kappa shape index (κ3) is 6.85. The van der Waals surface area contributed by atoms with Crippen LogP contribution in [-0.4, -0.2) is 30.6 Å². The van der Waals surface area contributed by atoms with Gasteiger partial charge < -0.3 is 10.1 Å². The van der Waals surface area contributed by atoms with Gasteiger partial charge in [-0.15, -0.1) is 24.8 Å². The number of rotatable bonds is 8. The molecule has 0 bridgehead atoms. The molecule has 1 aliphatic rings. The first-order valence-corrected chi connectivity index (χ1v) is 9.54. The fourth-order valence-corrected chi connectivity index (χ4v) is 3.67. The molecule has 1 atom stereocenters. The molecule has 2 aromatic rings. The van der Waals surface area contributed by atoms with E-state index in [0.29, 0.717) is 12.6 Å². The smallest absolute Gasteiger partial charge is 0.124 e. The Labute approximate surface area is 180 Å². The highest BCUT2D eigenvalue weighted by atomic mass is 35.5. The summed E-state index contributed by atoms with van der Waals surface area (Å²) in [5.41, 5.74) is 2.20. The van der Waals surface area contributed by atoms with Gasteiger partial charge in [0.15, 0.2) is 0 Å². The van der Waals surface area contributed by atoms with Crippen molar-refractivity contribution in [2.75, 3.05) is 19.6 Å². The summed E-state index contributed by atoms with van der Waals surface area (Å²) in [6.45, 7) is 6.97. The topological polar surface area (TPSA) is 24.5 Å². The van der Waals surface area contributed by atoms with Crippen molar-refractivity contribution in [2.24, 2.45) is 0 Å². The fraction of sp³-hybridized carbons (Fsp3) is 0.429. The monoisotopic (exact) mass is 430 g/mol. The number of nitrogens with one attached hydrogen (secondary N) is 1. The molecule has 1 N–H and O–H groups in total. The van der Waals surface area contributed by atoms with Gasteiger partial charge in [0.05, 0.1) is 0 Å². The maximum absolute atomic E-state index is 6.22. The number of ether oxygens (including phenoxy) is 1. The Morgan fingerprint density at radius 1 is 1.07 bits per heavy atom. The van der Waals surface area contributed by atoms with Crippen LogP contribution in [-0.2, 0) is 13.2 Å². The Balaban J connectivity index is 0.00000182. The number of halogens is 3. The van der Waals surface area contributed by atoms with Gasteiger partial charge in [-0.25, -0.2) is 0 Å². The Morgan fingerprint density at radius 3 is 2.52 bits per heavy atom. The van der Waals surface area contributed by atoms with E-state index in [2.05, 4.69) is 29.3 Å². The van der Waals surface area contributed by atoms with Crippen LogP contribution in [0, 0.1) is 0 Å². The Kier molecular flexibility index (Phi) is 11.1. The summed E-state index contributed by atoms with van der Waals surface area (Å²) in [6, 6.07) is 16.7. The maximum Gasteiger partial charge on any atom is 0.124 e. The van der Waals surface area contributed by atoms with Crippen molar-refractivity contribution in [3.63, 3.8) is 0 Å². The van der Waals surface area contributed by atoms with Gasteiger partial charge >= 0.3 is 0 Å². The van der Waals surface area contributed by atoms with Crippen molar-refractivity contribution in [1.82, 2.24) is 10.2 Å². The van der Waals surface area contributed by atoms with Gasteiger partial charge in [-0.2, -0.15) is 0 Å². The molecule has 150 valence electrons. The number of benzene rings is 2. The molecule has 27 heavy (non-hydrogen) atoms. The second-order valence-electron chi connectivity index (χ2n) is 6.54. The van der Waals surface area contributed by atoms with E-state index in [-0.39, 0.29) is 24.8 Å². The first-order chi connectivity index (χ1) is 12.3. The lowest BCUT2D eigenvalue weighted by atomic mass is 10.1. The van der Waals surface area contributed by atoms with Crippen molar-refractivity contribution in [2.45, 2.75) is 39.0 Å². The van der Waals surface area contributed by atoms with Crippen LogP contribution in [0.3, 0.4) is 0 Å². The van der Waals surface area contributed by atoms with E-state index in [4.69, 9.17) is 16.3 Å². The predicted octanol–water partition coefficient (Wildman–Crippen LogP) is 5.34. The minimum Gasteiger partial charge on any atom is -0.489 e. The minimum absolute atomic E-state index is 0. The number of para-hydroxylation sites is 1. The van der Waals surface area contributed by atoms with E-state index in [9.17, 15) is 0 Å². The van der Waals surface area contributed by atoms with Crippen LogP contribution in [0.5, 0.6) is 5.75 Å². The number of likely N-dealkylation sites (tertiary alicyclic amines) is 1. The predicted molar refractivity (Wildman–Crippen MR) is 119 cm³/mol. The molecule has 0 aliphatic carbocycles. The quantitative estimate of drug-likeness (QED) is 0.611. The SMILES string of the molecule is CCN1CCCC1CNCc1ccccc1OCc1ccccc1Cl.Cl.Cl. The molecule has 6 heteroatoms. The molecule has 0 amide bonds. The van der Waals surface area contributed by atoms with Gasteiger partial charge in [0.1, 0.15) is 12.4 Å². The van der Waals surface area contributed by atoms with Gasteiger partial charge in [0.25, 0.3) is 0 Å². The highest BCUT2D eigenvalue weighted by Gasteiger charge is 2.22. The van der Waals surface area contributed by atoms with E-state index >= 15 is 0 Å². The molecule has 3 rings (SSSR count). The lowest BCUT2D eigenvalue weighted by Crippen LogP contribution is -2.37. The Hall–Kier alpha value is -0.970. The van der Waals surface area contributed by atoms with Crippen LogP contribution >= 0.6 is 36.4 Å². The molecule has 1 unspecified atom stereocenters. The number of nitrogens with zero attached hydrogens (tertiary/aromatic N) is 1. The third-order valence-corrected chi connectivity index (χ3v) is 5.28. The molecule has 0 radical (unpaired) electrons. The van der Waals surface area contributed by atoms with Crippen molar-refractivity contribution in [3.8, 4) is 5.75 Å². The van der Waals surface area contributed by atoms with Gasteiger partial charge in [-0.3, -0.25) is 4.90 Å². The van der Waals surface area contributed by atoms with E-state index in [0.717, 1.165) is 36.0 Å². The zero-order valence-electron chi connectivity index (χ0n) is 15.7. The summed E-state index contributed by atoms with van der Waals surface area (Å²) in [6.07, 6.45) is 2.61. The normalized spacial score (nSPS) is 16.4. The number of hydrogen-bond donors (Lipinski definition) is 1. The summed E-state index contributed by atoms with van der Waals surface area (Å²) in [4.78, 5) is 2.56. The highest BCUT2D eigenvalue weighted by Crippen LogP contribution is 2.22. The first kappa shape index (κ1) is 24.1. The molecule has 3 nitrogen and oxygen atoms in total. The molecule has 1 aliphatic heterocycles. The fourth-order valence-electron chi connectivity index (χ4n) is 3.48. The summed E-state index contributed by atoms with van der Waals surface area (Å²) in [5, 5.41) is 4.36. The summed E-state index contributed by atoms with van der Waals surface area (Å²) in [5.74, 6) is 0.925. The van der Waals surface area contributed by atoms with Crippen molar-refractivity contribution in [3.05, 3.63) is 64.7 Å². The van der Waals surface area contributed by atoms with Crippen LogP contribution in [0.2, 0.25) is 5.02 Å². The molecular weight excluding hydrogens is 403 g/mol. The van der Waals surface area contributed by atoms with E-state index in [1.807, 2.05) is 36.4 Å². The van der Waals surface area contributed by atoms with Crippen molar-refractivity contribution < 1.29 is 4.74 Å². The lowest BCUT2D eigenvalue weighted by molar-refractivity contribution is 0.259. The second kappa shape index (κ2) is 12.5. The van der Waals surface area contributed by atoms with Gasteiger partial charge in [0, 0.05) is 35.3 Å². The summed E-state index contributed by atoms with van der Waals surface area (Å²) < 4.78 is 6.03. The van der Waals surface area contributed by atoms with Crippen LogP contribution in [0.25, 0.3) is 0 Å². The Morgan fingerprint density at radius 2 is 1.78 bits per heavy atom. The van der Waals surface area contributed by atoms with E-state index in [1.54, 1.807) is 0 Å². The molecule has 2 aromatic carbocycles. The molecule has 1 saturated heterocycles. The Bertz CT molecular complexity index is 684. The van der Waals surface area contributed by atoms with Gasteiger partial charge in [-0.1, -0.05) is 54.9 Å². The minimum atomic E-state index is 0. The maximum atomic E-state index is 6.22. The molecule has 1 heterocycles. The molecule has 1 fully saturated rings. The zero-order valence-corrected chi connectivity index (χ0v) is 18.1. The highest BCUT2D eigenvalue weighted by molar-refractivity contribution is 6.31. The number of likely N-dealkylation sites (N-methyl/N-ethyl adjacent to an activating group) is 1. The average Bonchev–Trinajstić information content (AvgIpc) is 3.09. The first-order valence-electron chi connectivity index (χ1n) is 9.16. The standard InChI is InChI=1S/C21H27ClN2O.2ClH/c1-2-24-13-7-10-19(24)15-23-14-17-8-4-6-12-21(17)25-16-18-9-3-5-11-20(18)22;;/h3-6,8-9,11-12,19,23H,2,7,10,13-16H2,1H3;2*1H. The molecule has 0 saturated carbocycles. The largest absolute Gasteiger partial charge is 0.489 e. The van der Waals surface area contributed by atoms with E-state index in [1.165, 1.54) is 24.9 Å². The third-order valence-electron chi connectivity index (χ3n) is 4.91. The van der Waals surface area contributed by atoms with Crippen molar-refractivity contribution >= 4 is 36.4 Å². The van der Waals surface area contributed by atoms with Crippen LogP contribution in [0.4, 0.5) is 0 Å². The van der Waals surface area contributed by atoms with Gasteiger partial charge in [-0.05, 0) is 38.1 Å². The number of hydrogen-bond acceptors (Lipinski definition) is 3. The molecule has 0 spiro atoms. The molecule has 0 aromatic heterocycles. The summed E-state index contributed by atoms with van der Waals surface area (Å²) >= 11 is 6.22. The lowest BCUT2D eigenvalue weighted by Gasteiger charge is -2.23. The van der Waals surface area contributed by atoms with Crippen molar-refractivity contribution in [1.29, 1.82) is 0 Å². The average molecular weight is 432 g/mol. The molecular formula is C21H29Cl3N2O. The second-order valence-corrected chi connectivity index (χ2v) is 6.95. The van der Waals surface area contributed by atoms with Gasteiger partial charge in [0.2, 0.25) is 0 Å². The van der Waals surface area contributed by atoms with Crippen LogP contribution in [0.1, 0.15) is 30.9 Å². The van der Waals surface area contributed by atoms with Crippen LogP contribution < -0.4 is 10.1 Å².